The van der Waals surface area contributed by atoms with Crippen LogP contribution < -0.4 is 10.0 Å². The van der Waals surface area contributed by atoms with E-state index in [2.05, 4.69) is 31.0 Å². The van der Waals surface area contributed by atoms with E-state index in [0.29, 0.717) is 10.2 Å². The molecule has 0 aliphatic carbocycles. The second-order valence-electron chi connectivity index (χ2n) is 5.57. The van der Waals surface area contributed by atoms with Crippen molar-refractivity contribution in [1.82, 2.24) is 9.71 Å². The van der Waals surface area contributed by atoms with Crippen LogP contribution in [0.1, 0.15) is 6.42 Å². The molecule has 0 saturated heterocycles. The predicted molar refractivity (Wildman–Crippen MR) is 110 cm³/mol. The van der Waals surface area contributed by atoms with Crippen molar-refractivity contribution in [1.29, 1.82) is 0 Å². The summed E-state index contributed by atoms with van der Waals surface area (Å²) in [7, 11) is -3.65. The minimum atomic E-state index is -3.65. The van der Waals surface area contributed by atoms with Crippen LogP contribution in [0.25, 0.3) is 10.6 Å². The molecule has 0 radical (unpaired) electrons. The molecule has 9 heteroatoms. The molecule has 27 heavy (non-hydrogen) atoms. The molecule has 0 fully saturated rings. The minimum Gasteiger partial charge on any atom is -0.326 e. The molecule has 2 N–H and O–H groups in total. The first-order valence-corrected chi connectivity index (χ1v) is 11.1. The number of rotatable bonds is 7. The van der Waals surface area contributed by atoms with Gasteiger partial charge in [0.2, 0.25) is 15.9 Å². The van der Waals surface area contributed by atoms with E-state index in [1.54, 1.807) is 41.8 Å². The average Bonchev–Trinajstić information content (AvgIpc) is 3.17. The monoisotopic (exact) mass is 465 g/mol. The van der Waals surface area contributed by atoms with E-state index in [9.17, 15) is 13.2 Å². The number of hydrogen-bond donors (Lipinski definition) is 2. The molecule has 1 aromatic heterocycles. The Morgan fingerprint density at radius 1 is 1.15 bits per heavy atom. The van der Waals surface area contributed by atoms with Gasteiger partial charge >= 0.3 is 0 Å². The van der Waals surface area contributed by atoms with Crippen molar-refractivity contribution in [2.45, 2.75) is 11.3 Å². The van der Waals surface area contributed by atoms with Gasteiger partial charge in [-0.2, -0.15) is 0 Å². The zero-order valence-corrected chi connectivity index (χ0v) is 17.3. The Hall–Kier alpha value is -2.07. The Bertz CT molecular complexity index is 1020. The van der Waals surface area contributed by atoms with Gasteiger partial charge in [0.1, 0.15) is 5.01 Å². The number of nitrogens with one attached hydrogen (secondary N) is 2. The second kappa shape index (κ2) is 8.75. The molecule has 0 aliphatic rings. The van der Waals surface area contributed by atoms with Crippen molar-refractivity contribution < 1.29 is 13.2 Å². The van der Waals surface area contributed by atoms with E-state index in [1.807, 2.05) is 17.5 Å². The van der Waals surface area contributed by atoms with Crippen molar-refractivity contribution in [2.24, 2.45) is 0 Å². The summed E-state index contributed by atoms with van der Waals surface area (Å²) in [6, 6.07) is 13.7. The van der Waals surface area contributed by atoms with Gasteiger partial charge in [0, 0.05) is 40.3 Å². The summed E-state index contributed by atoms with van der Waals surface area (Å²) in [6.45, 7) is 0.0118. The maximum absolute atomic E-state index is 12.2. The quantitative estimate of drug-likeness (QED) is 0.553. The maximum atomic E-state index is 12.2. The van der Waals surface area contributed by atoms with Crippen LogP contribution in [0.4, 0.5) is 5.69 Å². The van der Waals surface area contributed by atoms with E-state index in [4.69, 9.17) is 0 Å². The standard InChI is InChI=1S/C18H16BrN3O3S2/c19-14-2-1-3-16(12-14)27(24,25)21-9-8-17(23)22-15-6-4-13(5-7-15)18-20-10-11-26-18/h1-7,10-12,21H,8-9H2,(H,22,23). The predicted octanol–water partition coefficient (Wildman–Crippen LogP) is 3.88. The smallest absolute Gasteiger partial charge is 0.240 e. The Morgan fingerprint density at radius 3 is 2.59 bits per heavy atom. The highest BCUT2D eigenvalue weighted by atomic mass is 79.9. The zero-order chi connectivity index (χ0) is 19.3. The lowest BCUT2D eigenvalue weighted by Crippen LogP contribution is -2.27. The number of anilines is 1. The molecule has 1 amide bonds. The molecule has 140 valence electrons. The largest absolute Gasteiger partial charge is 0.326 e. The highest BCUT2D eigenvalue weighted by Gasteiger charge is 2.14. The Balaban J connectivity index is 1.51. The van der Waals surface area contributed by atoms with Crippen molar-refractivity contribution in [2.75, 3.05) is 11.9 Å². The lowest BCUT2D eigenvalue weighted by molar-refractivity contribution is -0.116. The molecule has 0 spiro atoms. The van der Waals surface area contributed by atoms with Gasteiger partial charge in [-0.15, -0.1) is 11.3 Å². The molecular weight excluding hydrogens is 450 g/mol. The number of hydrogen-bond acceptors (Lipinski definition) is 5. The first kappa shape index (κ1) is 19.7. The van der Waals surface area contributed by atoms with Gasteiger partial charge < -0.3 is 5.32 Å². The molecule has 0 atom stereocenters. The summed E-state index contributed by atoms with van der Waals surface area (Å²) in [5, 5.41) is 5.57. The molecule has 0 bridgehead atoms. The van der Waals surface area contributed by atoms with Crippen LogP contribution in [0.5, 0.6) is 0 Å². The number of halogens is 1. The summed E-state index contributed by atoms with van der Waals surface area (Å²) in [6.07, 6.45) is 1.77. The second-order valence-corrected chi connectivity index (χ2v) is 9.15. The summed E-state index contributed by atoms with van der Waals surface area (Å²) in [5.41, 5.74) is 1.62. The minimum absolute atomic E-state index is 0.0118. The van der Waals surface area contributed by atoms with E-state index >= 15 is 0 Å². The number of carbonyl (C=O) groups excluding carboxylic acids is 1. The van der Waals surface area contributed by atoms with Crippen molar-refractivity contribution in [3.05, 3.63) is 64.6 Å². The lowest BCUT2D eigenvalue weighted by atomic mass is 10.2. The van der Waals surface area contributed by atoms with Crippen molar-refractivity contribution >= 4 is 48.9 Å². The molecular formula is C18H16BrN3O3S2. The fourth-order valence-electron chi connectivity index (χ4n) is 2.30. The van der Waals surface area contributed by atoms with Crippen molar-refractivity contribution in [3.8, 4) is 10.6 Å². The number of thiazole rings is 1. The normalized spacial score (nSPS) is 11.3. The van der Waals surface area contributed by atoms with Gasteiger partial charge in [-0.3, -0.25) is 4.79 Å². The van der Waals surface area contributed by atoms with E-state index in [0.717, 1.165) is 10.6 Å². The van der Waals surface area contributed by atoms with Crippen LogP contribution in [-0.4, -0.2) is 25.9 Å². The number of aromatic nitrogens is 1. The summed E-state index contributed by atoms with van der Waals surface area (Å²) >= 11 is 4.78. The summed E-state index contributed by atoms with van der Waals surface area (Å²) < 4.78 is 27.5. The fraction of sp³-hybridized carbons (Fsp3) is 0.111. The van der Waals surface area contributed by atoms with Crippen LogP contribution in [-0.2, 0) is 14.8 Å². The van der Waals surface area contributed by atoms with Crippen molar-refractivity contribution in [3.63, 3.8) is 0 Å². The van der Waals surface area contributed by atoms with Gasteiger partial charge in [-0.05, 0) is 42.5 Å². The third kappa shape index (κ3) is 5.46. The molecule has 3 rings (SSSR count). The highest BCUT2D eigenvalue weighted by Crippen LogP contribution is 2.23. The molecule has 2 aromatic carbocycles. The van der Waals surface area contributed by atoms with Crippen LogP contribution >= 0.6 is 27.3 Å². The molecule has 6 nitrogen and oxygen atoms in total. The topological polar surface area (TPSA) is 88.2 Å². The van der Waals surface area contributed by atoms with Gasteiger partial charge in [-0.25, -0.2) is 18.1 Å². The average molecular weight is 466 g/mol. The molecule has 0 saturated carbocycles. The highest BCUT2D eigenvalue weighted by molar-refractivity contribution is 9.10. The van der Waals surface area contributed by atoms with Crippen LogP contribution in [0.15, 0.2) is 69.5 Å². The SMILES string of the molecule is O=C(CCNS(=O)(=O)c1cccc(Br)c1)Nc1ccc(-c2nccs2)cc1. The van der Waals surface area contributed by atoms with Gasteiger partial charge in [0.05, 0.1) is 4.90 Å². The zero-order valence-electron chi connectivity index (χ0n) is 14.1. The number of amides is 1. The maximum Gasteiger partial charge on any atom is 0.240 e. The third-order valence-electron chi connectivity index (χ3n) is 3.60. The Labute approximate surface area is 169 Å². The first-order chi connectivity index (χ1) is 12.9. The van der Waals surface area contributed by atoms with Crippen LogP contribution in [0, 0.1) is 0 Å². The van der Waals surface area contributed by atoms with Gasteiger partial charge in [0.15, 0.2) is 0 Å². The number of sulfonamides is 1. The number of benzene rings is 2. The van der Waals surface area contributed by atoms with E-state index in [1.165, 1.54) is 12.1 Å². The summed E-state index contributed by atoms with van der Waals surface area (Å²) in [5.74, 6) is -0.269. The van der Waals surface area contributed by atoms with Crippen LogP contribution in [0.2, 0.25) is 0 Å². The van der Waals surface area contributed by atoms with Crippen LogP contribution in [0.3, 0.4) is 0 Å². The molecule has 0 unspecified atom stereocenters. The molecule has 1 heterocycles. The van der Waals surface area contributed by atoms with E-state index < -0.39 is 10.0 Å². The molecule has 3 aromatic rings. The lowest BCUT2D eigenvalue weighted by Gasteiger charge is -2.08. The van der Waals surface area contributed by atoms with Gasteiger partial charge in [0.25, 0.3) is 0 Å². The fourth-order valence-corrected chi connectivity index (χ4v) is 4.57. The Morgan fingerprint density at radius 2 is 1.93 bits per heavy atom. The number of nitrogens with zero attached hydrogens (tertiary/aromatic N) is 1. The van der Waals surface area contributed by atoms with Gasteiger partial charge in [-0.1, -0.05) is 22.0 Å². The summed E-state index contributed by atoms with van der Waals surface area (Å²) in [4.78, 5) is 16.4. The number of carbonyl (C=O) groups is 1. The molecule has 0 aliphatic heterocycles. The first-order valence-electron chi connectivity index (χ1n) is 7.99. The Kier molecular flexibility index (Phi) is 6.38. The third-order valence-corrected chi connectivity index (χ3v) is 6.37. The van der Waals surface area contributed by atoms with E-state index in [-0.39, 0.29) is 23.8 Å².